The molecule has 0 bridgehead atoms. The quantitative estimate of drug-likeness (QED) is 0.528. The second-order valence-corrected chi connectivity index (χ2v) is 6.11. The van der Waals surface area contributed by atoms with Crippen LogP contribution in [0.5, 0.6) is 0 Å². The molecule has 1 aromatic carbocycles. The smallest absolute Gasteiger partial charge is 0.279 e. The summed E-state index contributed by atoms with van der Waals surface area (Å²) in [6.45, 7) is 0. The first kappa shape index (κ1) is 15.3. The number of nitro groups is 1. The van der Waals surface area contributed by atoms with E-state index in [1.807, 2.05) is 0 Å². The molecule has 1 heterocycles. The van der Waals surface area contributed by atoms with Crippen LogP contribution in [0, 0.1) is 15.9 Å². The summed E-state index contributed by atoms with van der Waals surface area (Å²) in [5, 5.41) is 14.1. The molecule has 23 heavy (non-hydrogen) atoms. The number of hydrogen-bond donors (Lipinski definition) is 1. The maximum Gasteiger partial charge on any atom is 0.279 e. The minimum atomic E-state index is -0.699. The Morgan fingerprint density at radius 2 is 2.26 bits per heavy atom. The van der Waals surface area contributed by atoms with Crippen molar-refractivity contribution in [3.8, 4) is 0 Å². The molecule has 1 aliphatic rings. The summed E-state index contributed by atoms with van der Waals surface area (Å²) in [4.78, 5) is 27.6. The van der Waals surface area contributed by atoms with Crippen LogP contribution in [0.3, 0.4) is 0 Å². The van der Waals surface area contributed by atoms with E-state index in [1.165, 1.54) is 34.4 Å². The fraction of sp³-hybridized carbons (Fsp3) is 0.200. The number of nitrogens with one attached hydrogen (secondary N) is 1. The van der Waals surface area contributed by atoms with Crippen LogP contribution in [-0.4, -0.2) is 15.8 Å². The molecule has 0 saturated heterocycles. The lowest BCUT2D eigenvalue weighted by Crippen LogP contribution is -2.07. The first-order chi connectivity index (χ1) is 11.0. The molecule has 6 nitrogen and oxygen atoms in total. The highest BCUT2D eigenvalue weighted by Crippen LogP contribution is 2.30. The molecule has 1 aliphatic carbocycles. The van der Waals surface area contributed by atoms with E-state index in [0.29, 0.717) is 5.13 Å². The zero-order chi connectivity index (χ0) is 16.4. The number of thiazole rings is 1. The van der Waals surface area contributed by atoms with E-state index >= 15 is 0 Å². The predicted octanol–water partition coefficient (Wildman–Crippen LogP) is 3.33. The minimum Gasteiger partial charge on any atom is -0.298 e. The second-order valence-electron chi connectivity index (χ2n) is 5.03. The molecule has 8 heteroatoms. The number of amides is 1. The molecule has 118 valence electrons. The van der Waals surface area contributed by atoms with Gasteiger partial charge in [-0.1, -0.05) is 0 Å². The van der Waals surface area contributed by atoms with Crippen molar-refractivity contribution in [1.82, 2.24) is 4.98 Å². The summed E-state index contributed by atoms with van der Waals surface area (Å²) in [6.07, 6.45) is 5.47. The maximum absolute atomic E-state index is 13.1. The van der Waals surface area contributed by atoms with Crippen LogP contribution in [-0.2, 0) is 17.6 Å². The molecule has 0 atom stereocenters. The molecule has 1 N–H and O–H groups in total. The van der Waals surface area contributed by atoms with E-state index < -0.39 is 16.6 Å². The first-order valence-electron chi connectivity index (χ1n) is 6.94. The molecule has 1 amide bonds. The number of aryl methyl sites for hydroxylation is 2. The number of benzene rings is 1. The normalized spacial score (nSPS) is 13.3. The Hall–Kier alpha value is -2.61. The Morgan fingerprint density at radius 3 is 3.00 bits per heavy atom. The van der Waals surface area contributed by atoms with E-state index in [4.69, 9.17) is 0 Å². The monoisotopic (exact) mass is 333 g/mol. The standard InChI is InChI=1S/C15H12FN3O3S/c16-10-6-4-9(12(8-10)19(21)22)5-7-14(20)18-15-17-11-2-1-3-13(11)23-15/h4-8H,1-3H2,(H,17,18,20). The third kappa shape index (κ3) is 3.42. The van der Waals surface area contributed by atoms with Gasteiger partial charge in [0.1, 0.15) is 5.82 Å². The third-order valence-corrected chi connectivity index (χ3v) is 4.50. The zero-order valence-corrected chi connectivity index (χ0v) is 12.7. The largest absolute Gasteiger partial charge is 0.298 e. The van der Waals surface area contributed by atoms with Gasteiger partial charge in [0.15, 0.2) is 5.13 Å². The van der Waals surface area contributed by atoms with Gasteiger partial charge in [-0.3, -0.25) is 20.2 Å². The second kappa shape index (κ2) is 6.25. The van der Waals surface area contributed by atoms with Crippen LogP contribution in [0.1, 0.15) is 22.6 Å². The third-order valence-electron chi connectivity index (χ3n) is 3.43. The Kier molecular flexibility index (Phi) is 4.16. The number of fused-ring (bicyclic) bond motifs is 1. The fourth-order valence-corrected chi connectivity index (χ4v) is 3.43. The van der Waals surface area contributed by atoms with Crippen LogP contribution in [0.25, 0.3) is 6.08 Å². The lowest BCUT2D eigenvalue weighted by molar-refractivity contribution is -0.385. The predicted molar refractivity (Wildman–Crippen MR) is 84.9 cm³/mol. The van der Waals surface area contributed by atoms with E-state index in [2.05, 4.69) is 10.3 Å². The topological polar surface area (TPSA) is 85.1 Å². The summed E-state index contributed by atoms with van der Waals surface area (Å²) >= 11 is 1.45. The van der Waals surface area contributed by atoms with Gasteiger partial charge >= 0.3 is 0 Å². The summed E-state index contributed by atoms with van der Waals surface area (Å²) in [7, 11) is 0. The number of nitrogens with zero attached hydrogens (tertiary/aromatic N) is 2. The van der Waals surface area contributed by atoms with Crippen LogP contribution >= 0.6 is 11.3 Å². The van der Waals surface area contributed by atoms with Gasteiger partial charge in [-0.25, -0.2) is 9.37 Å². The van der Waals surface area contributed by atoms with Gasteiger partial charge in [-0.2, -0.15) is 0 Å². The van der Waals surface area contributed by atoms with E-state index in [-0.39, 0.29) is 11.3 Å². The molecule has 0 fully saturated rings. The average molecular weight is 333 g/mol. The van der Waals surface area contributed by atoms with Crippen LogP contribution in [0.2, 0.25) is 0 Å². The van der Waals surface area contributed by atoms with E-state index in [9.17, 15) is 19.3 Å². The zero-order valence-electron chi connectivity index (χ0n) is 11.9. The number of aromatic nitrogens is 1. The number of rotatable bonds is 4. The maximum atomic E-state index is 13.1. The molecule has 2 aromatic rings. The summed E-state index contributed by atoms with van der Waals surface area (Å²) in [5.41, 5.74) is 0.805. The molecule has 0 spiro atoms. The van der Waals surface area contributed by atoms with Gasteiger partial charge in [-0.15, -0.1) is 11.3 Å². The molecule has 0 aliphatic heterocycles. The Morgan fingerprint density at radius 1 is 1.43 bits per heavy atom. The van der Waals surface area contributed by atoms with Crippen LogP contribution in [0.15, 0.2) is 24.3 Å². The number of nitro benzene ring substituents is 1. The molecular weight excluding hydrogens is 321 g/mol. The van der Waals surface area contributed by atoms with Gasteiger partial charge in [-0.05, 0) is 37.5 Å². The van der Waals surface area contributed by atoms with Crippen molar-refractivity contribution in [3.63, 3.8) is 0 Å². The Bertz CT molecular complexity index is 795. The van der Waals surface area contributed by atoms with Crippen LogP contribution < -0.4 is 5.32 Å². The fourth-order valence-electron chi connectivity index (χ4n) is 2.37. The van der Waals surface area contributed by atoms with Gasteiger partial charge in [0.05, 0.1) is 22.2 Å². The van der Waals surface area contributed by atoms with Crippen molar-refractivity contribution in [2.24, 2.45) is 0 Å². The SMILES string of the molecule is O=C(C=Cc1ccc(F)cc1[N+](=O)[O-])Nc1nc2c(s1)CCC2. The van der Waals surface area contributed by atoms with Crippen molar-refractivity contribution < 1.29 is 14.1 Å². The first-order valence-corrected chi connectivity index (χ1v) is 7.76. The molecule has 0 unspecified atom stereocenters. The Labute approximate surface area is 134 Å². The lowest BCUT2D eigenvalue weighted by atomic mass is 10.1. The van der Waals surface area contributed by atoms with Gasteiger partial charge in [0, 0.05) is 11.0 Å². The van der Waals surface area contributed by atoms with E-state index in [1.54, 1.807) is 0 Å². The number of halogens is 1. The van der Waals surface area contributed by atoms with Crippen molar-refractivity contribution in [1.29, 1.82) is 0 Å². The van der Waals surface area contributed by atoms with E-state index in [0.717, 1.165) is 37.1 Å². The molecule has 0 radical (unpaired) electrons. The summed E-state index contributed by atoms with van der Waals surface area (Å²) in [6, 6.07) is 3.19. The molecule has 3 rings (SSSR count). The van der Waals surface area contributed by atoms with Gasteiger partial charge in [0.25, 0.3) is 5.69 Å². The van der Waals surface area contributed by atoms with Crippen molar-refractivity contribution >= 4 is 34.1 Å². The average Bonchev–Trinajstić information content (AvgIpc) is 3.06. The van der Waals surface area contributed by atoms with Gasteiger partial charge in [0.2, 0.25) is 5.91 Å². The number of anilines is 1. The number of carbonyl (C=O) groups is 1. The summed E-state index contributed by atoms with van der Waals surface area (Å²) in [5.74, 6) is -1.13. The highest BCUT2D eigenvalue weighted by Gasteiger charge is 2.17. The van der Waals surface area contributed by atoms with Crippen molar-refractivity contribution in [2.75, 3.05) is 5.32 Å². The van der Waals surface area contributed by atoms with Crippen molar-refractivity contribution in [3.05, 3.63) is 56.3 Å². The van der Waals surface area contributed by atoms with Gasteiger partial charge < -0.3 is 0 Å². The van der Waals surface area contributed by atoms with Crippen molar-refractivity contribution in [2.45, 2.75) is 19.3 Å². The number of carbonyl (C=O) groups excluding carboxylic acids is 1. The lowest BCUT2D eigenvalue weighted by Gasteiger charge is -1.99. The Balaban J connectivity index is 1.72. The molecule has 1 aromatic heterocycles. The minimum absolute atomic E-state index is 0.160. The summed E-state index contributed by atoms with van der Waals surface area (Å²) < 4.78 is 13.1. The number of hydrogen-bond acceptors (Lipinski definition) is 5. The van der Waals surface area contributed by atoms with Crippen LogP contribution in [0.4, 0.5) is 15.2 Å². The highest BCUT2D eigenvalue weighted by molar-refractivity contribution is 7.15. The molecule has 0 saturated carbocycles. The molecular formula is C15H12FN3O3S. The highest BCUT2D eigenvalue weighted by atomic mass is 32.1.